The van der Waals surface area contributed by atoms with Gasteiger partial charge in [0, 0.05) is 22.0 Å². The van der Waals surface area contributed by atoms with Crippen molar-refractivity contribution in [2.45, 2.75) is 13.8 Å². The lowest BCUT2D eigenvalue weighted by atomic mass is 10.1. The van der Waals surface area contributed by atoms with Crippen LogP contribution in [0, 0.1) is 6.92 Å². The summed E-state index contributed by atoms with van der Waals surface area (Å²) >= 11 is 3.38. The lowest BCUT2D eigenvalue weighted by molar-refractivity contribution is -0.120. The molecule has 1 aromatic heterocycles. The molecular formula is C14H15BrN2O3. The van der Waals surface area contributed by atoms with Gasteiger partial charge in [-0.25, -0.2) is 0 Å². The molecule has 106 valence electrons. The molecule has 0 saturated carbocycles. The third-order valence-corrected chi connectivity index (χ3v) is 3.38. The highest BCUT2D eigenvalue weighted by Gasteiger charge is 2.18. The van der Waals surface area contributed by atoms with Gasteiger partial charge in [0.05, 0.1) is 6.54 Å². The Balaban J connectivity index is 2.18. The molecule has 20 heavy (non-hydrogen) atoms. The predicted octanol–water partition coefficient (Wildman–Crippen LogP) is 2.37. The standard InChI is InChI=1S/C14H15BrN2O3/c1-3-16-12(18)7-17-14(19)13-8(2)10-6-9(15)4-5-11(10)20-13/h4-6H,3,7H2,1-2H3,(H,16,18)(H,17,19). The summed E-state index contributed by atoms with van der Waals surface area (Å²) in [5.41, 5.74) is 1.41. The van der Waals surface area contributed by atoms with Crippen LogP contribution in [0.4, 0.5) is 0 Å². The molecular weight excluding hydrogens is 324 g/mol. The number of furan rings is 1. The molecule has 0 unspecified atom stereocenters. The van der Waals surface area contributed by atoms with Crippen LogP contribution in [0.25, 0.3) is 11.0 Å². The maximum Gasteiger partial charge on any atom is 0.287 e. The lowest BCUT2D eigenvalue weighted by Crippen LogP contribution is -2.36. The summed E-state index contributed by atoms with van der Waals surface area (Å²) in [6, 6.07) is 5.55. The van der Waals surface area contributed by atoms with Crippen molar-refractivity contribution < 1.29 is 14.0 Å². The molecule has 2 aromatic rings. The SMILES string of the molecule is CCNC(=O)CNC(=O)c1oc2ccc(Br)cc2c1C. The van der Waals surface area contributed by atoms with Crippen molar-refractivity contribution in [2.75, 3.05) is 13.1 Å². The van der Waals surface area contributed by atoms with Crippen molar-refractivity contribution >= 4 is 38.7 Å². The molecule has 0 bridgehead atoms. The fourth-order valence-corrected chi connectivity index (χ4v) is 2.27. The van der Waals surface area contributed by atoms with Crippen LogP contribution in [0.3, 0.4) is 0 Å². The Bertz CT molecular complexity index is 664. The minimum atomic E-state index is -0.388. The van der Waals surface area contributed by atoms with Crippen molar-refractivity contribution in [1.82, 2.24) is 10.6 Å². The monoisotopic (exact) mass is 338 g/mol. The summed E-state index contributed by atoms with van der Waals surface area (Å²) in [7, 11) is 0. The average Bonchev–Trinajstić information content (AvgIpc) is 2.74. The van der Waals surface area contributed by atoms with Gasteiger partial charge in [0.15, 0.2) is 5.76 Å². The third-order valence-electron chi connectivity index (χ3n) is 2.89. The van der Waals surface area contributed by atoms with Crippen molar-refractivity contribution in [3.8, 4) is 0 Å². The van der Waals surface area contributed by atoms with Gasteiger partial charge in [-0.3, -0.25) is 9.59 Å². The molecule has 6 heteroatoms. The fourth-order valence-electron chi connectivity index (χ4n) is 1.91. The maximum absolute atomic E-state index is 12.0. The van der Waals surface area contributed by atoms with Crippen LogP contribution >= 0.6 is 15.9 Å². The number of likely N-dealkylation sites (N-methyl/N-ethyl adjacent to an activating group) is 1. The number of amides is 2. The molecule has 0 spiro atoms. The fraction of sp³-hybridized carbons (Fsp3) is 0.286. The van der Waals surface area contributed by atoms with Crippen LogP contribution in [0.5, 0.6) is 0 Å². The summed E-state index contributed by atoms with van der Waals surface area (Å²) in [6.45, 7) is 4.11. The van der Waals surface area contributed by atoms with Gasteiger partial charge in [-0.1, -0.05) is 15.9 Å². The van der Waals surface area contributed by atoms with Gasteiger partial charge in [-0.2, -0.15) is 0 Å². The first kappa shape index (κ1) is 14.6. The van der Waals surface area contributed by atoms with Crippen molar-refractivity contribution in [3.63, 3.8) is 0 Å². The number of hydrogen-bond donors (Lipinski definition) is 2. The van der Waals surface area contributed by atoms with Crippen LogP contribution in [-0.2, 0) is 4.79 Å². The normalized spacial score (nSPS) is 10.6. The quantitative estimate of drug-likeness (QED) is 0.898. The molecule has 0 radical (unpaired) electrons. The summed E-state index contributed by atoms with van der Waals surface area (Å²) in [6.07, 6.45) is 0. The number of aryl methyl sites for hydroxylation is 1. The number of benzene rings is 1. The number of halogens is 1. The van der Waals surface area contributed by atoms with E-state index in [0.717, 1.165) is 15.4 Å². The Morgan fingerprint density at radius 1 is 1.30 bits per heavy atom. The molecule has 0 saturated heterocycles. The highest BCUT2D eigenvalue weighted by molar-refractivity contribution is 9.10. The predicted molar refractivity (Wildman–Crippen MR) is 79.7 cm³/mol. The van der Waals surface area contributed by atoms with Crippen LogP contribution in [0.1, 0.15) is 23.0 Å². The first-order chi connectivity index (χ1) is 9.52. The Labute approximate surface area is 124 Å². The third kappa shape index (κ3) is 3.01. The molecule has 0 aliphatic heterocycles. The van der Waals surface area contributed by atoms with Crippen LogP contribution in [0.15, 0.2) is 27.1 Å². The van der Waals surface area contributed by atoms with E-state index in [-0.39, 0.29) is 24.1 Å². The van der Waals surface area contributed by atoms with Gasteiger partial charge in [-0.15, -0.1) is 0 Å². The van der Waals surface area contributed by atoms with E-state index in [1.807, 2.05) is 26.0 Å². The number of hydrogen-bond acceptors (Lipinski definition) is 3. The number of carbonyl (C=O) groups is 2. The maximum atomic E-state index is 12.0. The zero-order chi connectivity index (χ0) is 14.7. The van der Waals surface area contributed by atoms with E-state index in [0.29, 0.717) is 12.1 Å². The minimum absolute atomic E-state index is 0.0626. The van der Waals surface area contributed by atoms with E-state index in [9.17, 15) is 9.59 Å². The molecule has 1 aromatic carbocycles. The molecule has 5 nitrogen and oxygen atoms in total. The molecule has 2 amide bonds. The zero-order valence-electron chi connectivity index (χ0n) is 11.2. The summed E-state index contributed by atoms with van der Waals surface area (Å²) < 4.78 is 6.46. The van der Waals surface area contributed by atoms with Gasteiger partial charge >= 0.3 is 0 Å². The van der Waals surface area contributed by atoms with Gasteiger partial charge in [0.1, 0.15) is 5.58 Å². The summed E-state index contributed by atoms with van der Waals surface area (Å²) in [5, 5.41) is 6.03. The molecule has 2 rings (SSSR count). The molecule has 0 fully saturated rings. The van der Waals surface area contributed by atoms with Crippen molar-refractivity contribution in [1.29, 1.82) is 0 Å². The number of nitrogens with one attached hydrogen (secondary N) is 2. The Morgan fingerprint density at radius 2 is 2.05 bits per heavy atom. The number of carbonyl (C=O) groups excluding carboxylic acids is 2. The summed E-state index contributed by atoms with van der Waals surface area (Å²) in [5.74, 6) is -0.374. The van der Waals surface area contributed by atoms with E-state index < -0.39 is 0 Å². The van der Waals surface area contributed by atoms with Crippen LogP contribution in [0.2, 0.25) is 0 Å². The molecule has 0 aliphatic rings. The van der Waals surface area contributed by atoms with E-state index >= 15 is 0 Å². The molecule has 0 aliphatic carbocycles. The second-order valence-electron chi connectivity index (χ2n) is 4.33. The largest absolute Gasteiger partial charge is 0.451 e. The van der Waals surface area contributed by atoms with E-state index in [1.54, 1.807) is 6.07 Å². The Hall–Kier alpha value is -1.82. The smallest absolute Gasteiger partial charge is 0.287 e. The zero-order valence-corrected chi connectivity index (χ0v) is 12.8. The van der Waals surface area contributed by atoms with Gasteiger partial charge in [0.25, 0.3) is 5.91 Å². The van der Waals surface area contributed by atoms with Gasteiger partial charge in [0.2, 0.25) is 5.91 Å². The van der Waals surface area contributed by atoms with E-state index in [2.05, 4.69) is 26.6 Å². The topological polar surface area (TPSA) is 71.3 Å². The van der Waals surface area contributed by atoms with Gasteiger partial charge in [-0.05, 0) is 32.0 Å². The van der Waals surface area contributed by atoms with Crippen molar-refractivity contribution in [3.05, 3.63) is 34.0 Å². The first-order valence-corrected chi connectivity index (χ1v) is 7.05. The van der Waals surface area contributed by atoms with E-state index in [1.165, 1.54) is 0 Å². The second kappa shape index (κ2) is 6.09. The molecule has 0 atom stereocenters. The average molecular weight is 339 g/mol. The Kier molecular flexibility index (Phi) is 4.44. The molecule has 2 N–H and O–H groups in total. The first-order valence-electron chi connectivity index (χ1n) is 6.26. The van der Waals surface area contributed by atoms with Crippen LogP contribution < -0.4 is 10.6 Å². The second-order valence-corrected chi connectivity index (χ2v) is 5.25. The number of rotatable bonds is 4. The molecule has 1 heterocycles. The minimum Gasteiger partial charge on any atom is -0.451 e. The number of fused-ring (bicyclic) bond motifs is 1. The van der Waals surface area contributed by atoms with E-state index in [4.69, 9.17) is 4.42 Å². The Morgan fingerprint density at radius 3 is 2.75 bits per heavy atom. The van der Waals surface area contributed by atoms with Gasteiger partial charge < -0.3 is 15.1 Å². The highest BCUT2D eigenvalue weighted by Crippen LogP contribution is 2.27. The van der Waals surface area contributed by atoms with Crippen LogP contribution in [-0.4, -0.2) is 24.9 Å². The summed E-state index contributed by atoms with van der Waals surface area (Å²) in [4.78, 5) is 23.4. The lowest BCUT2D eigenvalue weighted by Gasteiger charge is -2.03. The van der Waals surface area contributed by atoms with Crippen molar-refractivity contribution in [2.24, 2.45) is 0 Å². The highest BCUT2D eigenvalue weighted by atomic mass is 79.9.